The van der Waals surface area contributed by atoms with Crippen molar-refractivity contribution in [3.05, 3.63) is 33.1 Å². The zero-order chi connectivity index (χ0) is 15.4. The van der Waals surface area contributed by atoms with E-state index in [1.807, 2.05) is 0 Å². The first-order valence-electron chi connectivity index (χ1n) is 6.74. The molecule has 8 nitrogen and oxygen atoms in total. The van der Waals surface area contributed by atoms with Crippen molar-refractivity contribution in [2.75, 3.05) is 6.61 Å². The van der Waals surface area contributed by atoms with Crippen molar-refractivity contribution in [1.82, 2.24) is 9.13 Å². The highest BCUT2D eigenvalue weighted by Crippen LogP contribution is 2.42. The van der Waals surface area contributed by atoms with Crippen LogP contribution in [0, 0.1) is 0 Å². The van der Waals surface area contributed by atoms with Crippen LogP contribution >= 0.6 is 0 Å². The molecule has 0 saturated carbocycles. The summed E-state index contributed by atoms with van der Waals surface area (Å²) in [5, 5.41) is 9.41. The van der Waals surface area contributed by atoms with Crippen LogP contribution in [0.4, 0.5) is 0 Å². The Morgan fingerprint density at radius 3 is 2.62 bits per heavy atom. The average Bonchev–Trinajstić information content (AvgIpc) is 2.90. The fraction of sp³-hybridized carbons (Fsp3) is 0.692. The van der Waals surface area contributed by atoms with Crippen LogP contribution in [-0.4, -0.2) is 44.9 Å². The SMILES string of the molecule is Cn1c(=O)ccn(C2OC(CO)C3OC(C)(C)OC32)c1=O. The molecule has 0 aromatic carbocycles. The molecule has 0 aliphatic carbocycles. The molecule has 2 aliphatic heterocycles. The first kappa shape index (κ1) is 14.5. The van der Waals surface area contributed by atoms with Gasteiger partial charge in [-0.15, -0.1) is 0 Å². The van der Waals surface area contributed by atoms with Gasteiger partial charge in [0, 0.05) is 19.3 Å². The minimum Gasteiger partial charge on any atom is -0.394 e. The van der Waals surface area contributed by atoms with E-state index in [-0.39, 0.29) is 6.61 Å². The Morgan fingerprint density at radius 1 is 1.29 bits per heavy atom. The molecule has 4 atom stereocenters. The summed E-state index contributed by atoms with van der Waals surface area (Å²) in [5.74, 6) is -0.810. The van der Waals surface area contributed by atoms with Crippen LogP contribution in [0.5, 0.6) is 0 Å². The summed E-state index contributed by atoms with van der Waals surface area (Å²) in [7, 11) is 1.40. The Morgan fingerprint density at radius 2 is 1.95 bits per heavy atom. The third kappa shape index (κ3) is 2.24. The Bertz CT molecular complexity index is 663. The summed E-state index contributed by atoms with van der Waals surface area (Å²) >= 11 is 0. The molecule has 2 aliphatic rings. The zero-order valence-corrected chi connectivity index (χ0v) is 12.1. The molecular formula is C13H18N2O6. The summed E-state index contributed by atoms with van der Waals surface area (Å²) < 4.78 is 19.5. The van der Waals surface area contributed by atoms with E-state index in [9.17, 15) is 14.7 Å². The third-order valence-corrected chi connectivity index (χ3v) is 3.80. The van der Waals surface area contributed by atoms with Crippen LogP contribution in [0.1, 0.15) is 20.1 Å². The first-order chi connectivity index (χ1) is 9.84. The summed E-state index contributed by atoms with van der Waals surface area (Å²) in [6.07, 6.45) is -0.925. The van der Waals surface area contributed by atoms with Gasteiger partial charge in [-0.25, -0.2) is 4.79 Å². The molecule has 1 aromatic heterocycles. The topological polar surface area (TPSA) is 91.9 Å². The molecule has 116 valence electrons. The Balaban J connectivity index is 2.02. The Kier molecular flexibility index (Phi) is 3.28. The molecule has 2 saturated heterocycles. The number of aliphatic hydroxyl groups excluding tert-OH is 1. The second-order valence-electron chi connectivity index (χ2n) is 5.72. The third-order valence-electron chi connectivity index (χ3n) is 3.80. The van der Waals surface area contributed by atoms with Crippen LogP contribution in [0.25, 0.3) is 0 Å². The summed E-state index contributed by atoms with van der Waals surface area (Å²) in [5.41, 5.74) is -0.897. The number of nitrogens with zero attached hydrogens (tertiary/aromatic N) is 2. The van der Waals surface area contributed by atoms with Crippen molar-refractivity contribution in [2.24, 2.45) is 7.05 Å². The van der Waals surface area contributed by atoms with Crippen LogP contribution < -0.4 is 11.2 Å². The smallest absolute Gasteiger partial charge is 0.332 e. The van der Waals surface area contributed by atoms with Crippen LogP contribution in [-0.2, 0) is 21.3 Å². The van der Waals surface area contributed by atoms with Crippen molar-refractivity contribution >= 4 is 0 Å². The van der Waals surface area contributed by atoms with Crippen LogP contribution in [0.2, 0.25) is 0 Å². The standard InChI is InChI=1S/C13H18N2O6/c1-13(2)20-9-7(6-16)19-11(10(9)21-13)15-5-4-8(17)14(3)12(15)18/h4-5,7,9-11,16H,6H2,1-3H3. The maximum atomic E-state index is 12.2. The molecule has 8 heteroatoms. The van der Waals surface area contributed by atoms with Gasteiger partial charge in [0.1, 0.15) is 18.3 Å². The van der Waals surface area contributed by atoms with E-state index in [0.29, 0.717) is 0 Å². The molecule has 0 amide bonds. The van der Waals surface area contributed by atoms with E-state index in [1.165, 1.54) is 23.9 Å². The predicted molar refractivity (Wildman–Crippen MR) is 70.8 cm³/mol. The molecule has 21 heavy (non-hydrogen) atoms. The molecule has 0 radical (unpaired) electrons. The van der Waals surface area contributed by atoms with Crippen LogP contribution in [0.3, 0.4) is 0 Å². The average molecular weight is 298 g/mol. The highest BCUT2D eigenvalue weighted by molar-refractivity contribution is 4.99. The highest BCUT2D eigenvalue weighted by Gasteiger charge is 2.55. The van der Waals surface area contributed by atoms with E-state index in [4.69, 9.17) is 14.2 Å². The maximum Gasteiger partial charge on any atom is 0.332 e. The molecule has 4 unspecified atom stereocenters. The van der Waals surface area contributed by atoms with Gasteiger partial charge >= 0.3 is 5.69 Å². The van der Waals surface area contributed by atoms with Gasteiger partial charge < -0.3 is 19.3 Å². The molecule has 1 aromatic rings. The number of hydrogen-bond donors (Lipinski definition) is 1. The van der Waals surface area contributed by atoms with Gasteiger partial charge in [0.25, 0.3) is 5.56 Å². The number of hydrogen-bond acceptors (Lipinski definition) is 6. The van der Waals surface area contributed by atoms with E-state index in [0.717, 1.165) is 4.57 Å². The first-order valence-corrected chi connectivity index (χ1v) is 6.74. The molecule has 2 fully saturated rings. The number of ether oxygens (including phenoxy) is 3. The zero-order valence-electron chi connectivity index (χ0n) is 12.1. The van der Waals surface area contributed by atoms with Crippen molar-refractivity contribution < 1.29 is 19.3 Å². The van der Waals surface area contributed by atoms with Gasteiger partial charge in [-0.2, -0.15) is 0 Å². The largest absolute Gasteiger partial charge is 0.394 e. The van der Waals surface area contributed by atoms with Crippen molar-refractivity contribution in [3.63, 3.8) is 0 Å². The lowest BCUT2D eigenvalue weighted by atomic mass is 10.1. The quantitative estimate of drug-likeness (QED) is 0.749. The maximum absolute atomic E-state index is 12.2. The van der Waals surface area contributed by atoms with Gasteiger partial charge in [0.15, 0.2) is 12.0 Å². The van der Waals surface area contributed by atoms with Crippen molar-refractivity contribution in [2.45, 2.75) is 44.2 Å². The van der Waals surface area contributed by atoms with E-state index < -0.39 is 41.6 Å². The number of aromatic nitrogens is 2. The summed E-state index contributed by atoms with van der Waals surface area (Å²) in [4.78, 5) is 23.7. The lowest BCUT2D eigenvalue weighted by Gasteiger charge is -2.24. The predicted octanol–water partition coefficient (Wildman–Crippen LogP) is -1.04. The number of rotatable bonds is 2. The molecule has 1 N–H and O–H groups in total. The lowest BCUT2D eigenvalue weighted by Crippen LogP contribution is -2.41. The van der Waals surface area contributed by atoms with Crippen molar-refractivity contribution in [3.8, 4) is 0 Å². The summed E-state index contributed by atoms with van der Waals surface area (Å²) in [6.45, 7) is 3.29. The fourth-order valence-corrected chi connectivity index (χ4v) is 2.81. The highest BCUT2D eigenvalue weighted by atomic mass is 16.8. The number of fused-ring (bicyclic) bond motifs is 1. The summed E-state index contributed by atoms with van der Waals surface area (Å²) in [6, 6.07) is 1.28. The minimum atomic E-state index is -0.810. The Hall–Kier alpha value is -1.48. The van der Waals surface area contributed by atoms with Gasteiger partial charge in [-0.1, -0.05) is 0 Å². The Labute approximate surface area is 120 Å². The second-order valence-corrected chi connectivity index (χ2v) is 5.72. The molecule has 3 heterocycles. The molecule has 3 rings (SSSR count). The van der Waals surface area contributed by atoms with E-state index in [2.05, 4.69) is 0 Å². The van der Waals surface area contributed by atoms with Gasteiger partial charge in [-0.05, 0) is 13.8 Å². The van der Waals surface area contributed by atoms with E-state index >= 15 is 0 Å². The second kappa shape index (κ2) is 4.77. The van der Waals surface area contributed by atoms with Gasteiger partial charge in [0.05, 0.1) is 6.61 Å². The van der Waals surface area contributed by atoms with Crippen molar-refractivity contribution in [1.29, 1.82) is 0 Å². The number of aliphatic hydroxyl groups is 1. The normalized spacial score (nSPS) is 34.1. The minimum absolute atomic E-state index is 0.238. The molecule has 0 bridgehead atoms. The van der Waals surface area contributed by atoms with Gasteiger partial charge in [-0.3, -0.25) is 13.9 Å². The van der Waals surface area contributed by atoms with E-state index in [1.54, 1.807) is 13.8 Å². The monoisotopic (exact) mass is 298 g/mol. The molecule has 0 spiro atoms. The van der Waals surface area contributed by atoms with Gasteiger partial charge in [0.2, 0.25) is 0 Å². The van der Waals surface area contributed by atoms with Crippen LogP contribution in [0.15, 0.2) is 21.9 Å². The lowest BCUT2D eigenvalue weighted by molar-refractivity contribution is -0.200. The molecular weight excluding hydrogens is 280 g/mol. The fourth-order valence-electron chi connectivity index (χ4n) is 2.81.